The fraction of sp³-hybridized carbons (Fsp3) is 0.600. The molecule has 134 valence electrons. The highest BCUT2D eigenvalue weighted by molar-refractivity contribution is 5.93. The molecule has 4 nitrogen and oxygen atoms in total. The predicted molar refractivity (Wildman–Crippen MR) is 76.5 cm³/mol. The van der Waals surface area contributed by atoms with Crippen LogP contribution in [0.5, 0.6) is 0 Å². The summed E-state index contributed by atoms with van der Waals surface area (Å²) in [5.74, 6) is -1.67. The first-order valence-electron chi connectivity index (χ1n) is 7.44. The lowest BCUT2D eigenvalue weighted by molar-refractivity contribution is -0.141. The van der Waals surface area contributed by atoms with Gasteiger partial charge in [-0.1, -0.05) is 0 Å². The summed E-state index contributed by atoms with van der Waals surface area (Å²) in [6.45, 7) is 1.73. The topological polar surface area (TPSA) is 53.4 Å². The Bertz CT molecular complexity index is 642. The van der Waals surface area contributed by atoms with E-state index < -0.39 is 41.2 Å². The lowest BCUT2D eigenvalue weighted by Crippen LogP contribution is -2.27. The molecule has 0 unspecified atom stereocenters. The number of aromatic nitrogens is 1. The third-order valence-corrected chi connectivity index (χ3v) is 4.04. The fourth-order valence-electron chi connectivity index (χ4n) is 2.62. The number of anilines is 1. The second-order valence-electron chi connectivity index (χ2n) is 5.81. The van der Waals surface area contributed by atoms with Crippen molar-refractivity contribution in [2.24, 2.45) is 5.92 Å². The van der Waals surface area contributed by atoms with Crippen molar-refractivity contribution in [3.63, 3.8) is 0 Å². The number of carboxylic acids is 1. The van der Waals surface area contributed by atoms with Gasteiger partial charge in [0.1, 0.15) is 5.69 Å². The zero-order valence-corrected chi connectivity index (χ0v) is 13.1. The minimum atomic E-state index is -4.96. The van der Waals surface area contributed by atoms with Crippen LogP contribution in [0, 0.1) is 5.92 Å². The molecule has 0 saturated heterocycles. The third-order valence-electron chi connectivity index (χ3n) is 4.04. The number of carboxylic acid groups (broad SMARTS) is 1. The Hall–Kier alpha value is -1.93. The summed E-state index contributed by atoms with van der Waals surface area (Å²) < 4.78 is 66.5. The van der Waals surface area contributed by atoms with Gasteiger partial charge in [0.2, 0.25) is 0 Å². The first kappa shape index (κ1) is 18.4. The Morgan fingerprint density at radius 3 is 2.33 bits per heavy atom. The second kappa shape index (κ2) is 6.52. The van der Waals surface area contributed by atoms with E-state index in [0.717, 1.165) is 12.8 Å². The lowest BCUT2D eigenvalue weighted by atomic mass is 9.96. The van der Waals surface area contributed by atoms with Gasteiger partial charge in [0.15, 0.2) is 5.69 Å². The third kappa shape index (κ3) is 3.59. The molecule has 0 aromatic carbocycles. The summed E-state index contributed by atoms with van der Waals surface area (Å²) in [5.41, 5.74) is -4.20. The van der Waals surface area contributed by atoms with Crippen LogP contribution >= 0.6 is 0 Å². The predicted octanol–water partition coefficient (Wildman–Crippen LogP) is 4.14. The maximum absolute atomic E-state index is 13.4. The van der Waals surface area contributed by atoms with Crippen LogP contribution in [0.15, 0.2) is 0 Å². The second-order valence-corrected chi connectivity index (χ2v) is 5.81. The summed E-state index contributed by atoms with van der Waals surface area (Å²) in [7, 11) is 1.36. The number of halogens is 5. The van der Waals surface area contributed by atoms with Crippen molar-refractivity contribution in [3.8, 4) is 0 Å². The molecule has 9 heteroatoms. The monoisotopic (exact) mass is 352 g/mol. The van der Waals surface area contributed by atoms with E-state index in [9.17, 15) is 31.9 Å². The molecule has 0 amide bonds. The molecule has 1 heterocycles. The van der Waals surface area contributed by atoms with E-state index in [-0.39, 0.29) is 24.4 Å². The van der Waals surface area contributed by atoms with Gasteiger partial charge in [-0.05, 0) is 37.7 Å². The molecule has 0 atom stereocenters. The minimum absolute atomic E-state index is 0.0149. The lowest BCUT2D eigenvalue weighted by Gasteiger charge is -2.27. The van der Waals surface area contributed by atoms with Gasteiger partial charge in [0.05, 0.1) is 11.3 Å². The fourth-order valence-corrected chi connectivity index (χ4v) is 2.62. The standard InChI is InChI=1S/C15H17F5N2O2/c1-3-22(2)11-8(6-7-4-5-7)9(14(23)24)10(13(16)17)21-12(11)15(18,19)20/h7,13H,3-6H2,1-2H3,(H,23,24). The van der Waals surface area contributed by atoms with E-state index in [4.69, 9.17) is 0 Å². The number of hydrogen-bond donors (Lipinski definition) is 1. The highest BCUT2D eigenvalue weighted by atomic mass is 19.4. The molecule has 1 fully saturated rings. The van der Waals surface area contributed by atoms with E-state index in [0.29, 0.717) is 0 Å². The van der Waals surface area contributed by atoms with Crippen molar-refractivity contribution in [2.75, 3.05) is 18.5 Å². The van der Waals surface area contributed by atoms with Gasteiger partial charge in [-0.3, -0.25) is 0 Å². The molecule has 1 saturated carbocycles. The SMILES string of the molecule is CCN(C)c1c(C(F)(F)F)nc(C(F)F)c(C(=O)O)c1CC1CC1. The zero-order chi connectivity index (χ0) is 18.2. The van der Waals surface area contributed by atoms with Crippen molar-refractivity contribution < 1.29 is 31.9 Å². The number of pyridine rings is 1. The van der Waals surface area contributed by atoms with E-state index >= 15 is 0 Å². The minimum Gasteiger partial charge on any atom is -0.478 e. The average molecular weight is 352 g/mol. The molecular formula is C15H17F5N2O2. The molecule has 0 bridgehead atoms. The van der Waals surface area contributed by atoms with Gasteiger partial charge in [-0.25, -0.2) is 18.6 Å². The molecule has 1 aromatic rings. The molecule has 2 rings (SSSR count). The molecular weight excluding hydrogens is 335 g/mol. The molecule has 1 aromatic heterocycles. The van der Waals surface area contributed by atoms with Crippen molar-refractivity contribution in [2.45, 2.75) is 38.8 Å². The number of nitrogens with zero attached hydrogens (tertiary/aromatic N) is 2. The summed E-state index contributed by atoms with van der Waals surface area (Å²) in [6.07, 6.45) is -6.87. The highest BCUT2D eigenvalue weighted by Crippen LogP contribution is 2.44. The first-order valence-corrected chi connectivity index (χ1v) is 7.44. The van der Waals surface area contributed by atoms with Crippen LogP contribution in [0.3, 0.4) is 0 Å². The summed E-state index contributed by atoms with van der Waals surface area (Å²) in [4.78, 5) is 15.7. The highest BCUT2D eigenvalue weighted by Gasteiger charge is 2.42. The van der Waals surface area contributed by atoms with Crippen LogP contribution in [0.1, 0.15) is 53.5 Å². The van der Waals surface area contributed by atoms with Gasteiger partial charge in [-0.2, -0.15) is 13.2 Å². The van der Waals surface area contributed by atoms with Crippen molar-refractivity contribution >= 4 is 11.7 Å². The van der Waals surface area contributed by atoms with Crippen LogP contribution in [0.2, 0.25) is 0 Å². The van der Waals surface area contributed by atoms with Crippen molar-refractivity contribution in [3.05, 3.63) is 22.5 Å². The quantitative estimate of drug-likeness (QED) is 0.782. The number of alkyl halides is 5. The smallest absolute Gasteiger partial charge is 0.435 e. The number of hydrogen-bond acceptors (Lipinski definition) is 3. The van der Waals surface area contributed by atoms with E-state index in [1.54, 1.807) is 6.92 Å². The van der Waals surface area contributed by atoms with Gasteiger partial charge in [0.25, 0.3) is 6.43 Å². The Balaban J connectivity index is 2.85. The first-order chi connectivity index (χ1) is 11.1. The largest absolute Gasteiger partial charge is 0.478 e. The molecule has 1 N–H and O–H groups in total. The maximum Gasteiger partial charge on any atom is 0.435 e. The number of carbonyl (C=O) groups is 1. The van der Waals surface area contributed by atoms with Crippen molar-refractivity contribution in [1.82, 2.24) is 4.98 Å². The summed E-state index contributed by atoms with van der Waals surface area (Å²) in [6, 6.07) is 0. The Morgan fingerprint density at radius 2 is 1.96 bits per heavy atom. The van der Waals surface area contributed by atoms with E-state index in [1.807, 2.05) is 0 Å². The Labute approximate surface area is 135 Å². The van der Waals surface area contributed by atoms with Gasteiger partial charge < -0.3 is 10.0 Å². The van der Waals surface area contributed by atoms with Gasteiger partial charge in [-0.15, -0.1) is 0 Å². The van der Waals surface area contributed by atoms with Crippen LogP contribution < -0.4 is 4.90 Å². The van der Waals surface area contributed by atoms with Crippen LogP contribution in [-0.2, 0) is 12.6 Å². The maximum atomic E-state index is 13.4. The number of rotatable bonds is 6. The average Bonchev–Trinajstić information content (AvgIpc) is 3.27. The molecule has 0 spiro atoms. The Kier molecular flexibility index (Phi) is 5.00. The Morgan fingerprint density at radius 1 is 1.38 bits per heavy atom. The molecule has 1 aliphatic rings. The van der Waals surface area contributed by atoms with Crippen LogP contribution in [0.25, 0.3) is 0 Å². The van der Waals surface area contributed by atoms with E-state index in [1.165, 1.54) is 11.9 Å². The van der Waals surface area contributed by atoms with Crippen LogP contribution in [0.4, 0.5) is 27.6 Å². The van der Waals surface area contributed by atoms with Crippen molar-refractivity contribution in [1.29, 1.82) is 0 Å². The van der Waals surface area contributed by atoms with Crippen LogP contribution in [-0.4, -0.2) is 29.7 Å². The van der Waals surface area contributed by atoms with E-state index in [2.05, 4.69) is 4.98 Å². The zero-order valence-electron chi connectivity index (χ0n) is 13.1. The van der Waals surface area contributed by atoms with Gasteiger partial charge >= 0.3 is 12.1 Å². The molecule has 0 aliphatic heterocycles. The number of aromatic carboxylic acids is 1. The van der Waals surface area contributed by atoms with Gasteiger partial charge in [0, 0.05) is 13.6 Å². The molecule has 0 radical (unpaired) electrons. The summed E-state index contributed by atoms with van der Waals surface area (Å²) >= 11 is 0. The molecule has 24 heavy (non-hydrogen) atoms. The summed E-state index contributed by atoms with van der Waals surface area (Å²) in [5, 5.41) is 9.33. The molecule has 1 aliphatic carbocycles. The normalized spacial score (nSPS) is 15.0.